The standard InChI is InChI=1S/C15H21O2S.Y/c1-10-12(6-8-14(10)17)4-3-5-13-7-9-15(18-13)11(2)16;/h6-7,9-10,12,14,17H,3-5,8H2,1-2H3;/q-1;. The van der Waals surface area contributed by atoms with Crippen molar-refractivity contribution < 1.29 is 42.6 Å². The molecule has 0 spiro atoms. The summed E-state index contributed by atoms with van der Waals surface area (Å²) in [5.41, 5.74) is 0. The van der Waals surface area contributed by atoms with Gasteiger partial charge in [0.1, 0.15) is 0 Å². The van der Waals surface area contributed by atoms with Crippen LogP contribution in [0.4, 0.5) is 0 Å². The van der Waals surface area contributed by atoms with Crippen molar-refractivity contribution in [3.05, 3.63) is 28.3 Å². The minimum Gasteiger partial charge on any atom is -0.396 e. The molecule has 3 atom stereocenters. The molecule has 4 heteroatoms. The van der Waals surface area contributed by atoms with Gasteiger partial charge in [0.05, 0.1) is 4.88 Å². The van der Waals surface area contributed by atoms with Gasteiger partial charge in [-0.15, -0.1) is 11.3 Å². The van der Waals surface area contributed by atoms with Crippen LogP contribution < -0.4 is 0 Å². The molecule has 1 aromatic rings. The van der Waals surface area contributed by atoms with Crippen molar-refractivity contribution >= 4 is 17.1 Å². The van der Waals surface area contributed by atoms with Gasteiger partial charge in [-0.1, -0.05) is 19.8 Å². The topological polar surface area (TPSA) is 37.3 Å². The molecule has 0 amide bonds. The molecular weight excluding hydrogens is 333 g/mol. The largest absolute Gasteiger partial charge is 0.396 e. The van der Waals surface area contributed by atoms with Crippen molar-refractivity contribution in [2.24, 2.45) is 11.8 Å². The van der Waals surface area contributed by atoms with Gasteiger partial charge in [0.25, 0.3) is 0 Å². The fourth-order valence-corrected chi connectivity index (χ4v) is 3.57. The number of carbonyl (C=O) groups is 1. The molecule has 1 fully saturated rings. The average Bonchev–Trinajstić information content (AvgIpc) is 2.91. The van der Waals surface area contributed by atoms with Crippen LogP contribution in [0, 0.1) is 18.3 Å². The first-order valence-electron chi connectivity index (χ1n) is 6.69. The van der Waals surface area contributed by atoms with Crippen LogP contribution in [-0.4, -0.2) is 17.0 Å². The zero-order valence-electron chi connectivity index (χ0n) is 11.6. The summed E-state index contributed by atoms with van der Waals surface area (Å²) in [7, 11) is 0. The number of aryl methyl sites for hydroxylation is 1. The van der Waals surface area contributed by atoms with E-state index in [0.717, 1.165) is 30.6 Å². The molecule has 1 aliphatic carbocycles. The van der Waals surface area contributed by atoms with Crippen LogP contribution in [0.25, 0.3) is 0 Å². The van der Waals surface area contributed by atoms with Gasteiger partial charge >= 0.3 is 0 Å². The monoisotopic (exact) mass is 354 g/mol. The van der Waals surface area contributed by atoms with Crippen LogP contribution in [0.2, 0.25) is 0 Å². The molecule has 2 rings (SSSR count). The second-order valence-corrected chi connectivity index (χ2v) is 6.44. The Kier molecular flexibility index (Phi) is 7.38. The van der Waals surface area contributed by atoms with E-state index in [0.29, 0.717) is 11.8 Å². The van der Waals surface area contributed by atoms with Crippen molar-refractivity contribution in [2.45, 2.75) is 45.6 Å². The third kappa shape index (κ3) is 4.73. The van der Waals surface area contributed by atoms with E-state index in [2.05, 4.69) is 19.4 Å². The Morgan fingerprint density at radius 1 is 1.53 bits per heavy atom. The normalized spacial score (nSPS) is 26.2. The number of Topliss-reactive ketones (excluding diaryl/α,β-unsaturated/α-hetero) is 1. The van der Waals surface area contributed by atoms with Crippen molar-refractivity contribution in [2.75, 3.05) is 0 Å². The summed E-state index contributed by atoms with van der Waals surface area (Å²) in [5, 5.41) is 9.68. The number of thiophene rings is 1. The summed E-state index contributed by atoms with van der Waals surface area (Å²) in [5.74, 6) is 1.13. The zero-order valence-corrected chi connectivity index (χ0v) is 15.3. The first kappa shape index (κ1) is 17.5. The number of carbonyl (C=O) groups excluding carboxylic acids is 1. The fraction of sp³-hybridized carbons (Fsp3) is 0.600. The Morgan fingerprint density at radius 3 is 2.79 bits per heavy atom. The van der Waals surface area contributed by atoms with E-state index in [-0.39, 0.29) is 44.6 Å². The number of hydrogen-bond acceptors (Lipinski definition) is 3. The first-order chi connectivity index (χ1) is 8.58. The van der Waals surface area contributed by atoms with Gasteiger partial charge < -0.3 is 11.5 Å². The summed E-state index contributed by atoms with van der Waals surface area (Å²) in [6.45, 7) is 3.75. The van der Waals surface area contributed by atoms with Crippen LogP contribution >= 0.6 is 11.3 Å². The average molecular weight is 354 g/mol. The van der Waals surface area contributed by atoms with Crippen molar-refractivity contribution in [3.63, 3.8) is 0 Å². The Morgan fingerprint density at radius 2 is 2.26 bits per heavy atom. The second-order valence-electron chi connectivity index (χ2n) is 5.28. The van der Waals surface area contributed by atoms with Crippen LogP contribution in [0.1, 0.15) is 47.7 Å². The summed E-state index contributed by atoms with van der Waals surface area (Å²) < 4.78 is 0. The van der Waals surface area contributed by atoms with Crippen molar-refractivity contribution in [1.29, 1.82) is 0 Å². The predicted molar refractivity (Wildman–Crippen MR) is 74.8 cm³/mol. The molecule has 0 aliphatic heterocycles. The fourth-order valence-electron chi connectivity index (χ4n) is 2.62. The molecule has 0 aromatic carbocycles. The van der Waals surface area contributed by atoms with Crippen LogP contribution in [0.3, 0.4) is 0 Å². The molecule has 1 N–H and O–H groups in total. The van der Waals surface area contributed by atoms with E-state index in [1.165, 1.54) is 4.88 Å². The van der Waals surface area contributed by atoms with Gasteiger partial charge in [0.2, 0.25) is 0 Å². The third-order valence-corrected chi connectivity index (χ3v) is 5.18. The Bertz CT molecular complexity index is 416. The van der Waals surface area contributed by atoms with Gasteiger partial charge in [-0.3, -0.25) is 4.79 Å². The number of hydrogen-bond donors (Lipinski definition) is 1. The molecule has 1 aromatic heterocycles. The number of rotatable bonds is 5. The zero-order chi connectivity index (χ0) is 13.1. The van der Waals surface area contributed by atoms with E-state index in [9.17, 15) is 9.90 Å². The quantitative estimate of drug-likeness (QED) is 0.649. The molecule has 2 nitrogen and oxygen atoms in total. The van der Waals surface area contributed by atoms with Gasteiger partial charge in [-0.2, -0.15) is 12.3 Å². The first-order valence-corrected chi connectivity index (χ1v) is 7.50. The summed E-state index contributed by atoms with van der Waals surface area (Å²) in [6.07, 6.45) is 6.30. The molecule has 3 unspecified atom stereocenters. The van der Waals surface area contributed by atoms with Crippen LogP contribution in [-0.2, 0) is 39.1 Å². The van der Waals surface area contributed by atoms with E-state index in [1.54, 1.807) is 18.3 Å². The summed E-state index contributed by atoms with van der Waals surface area (Å²) in [6, 6.07) is 3.99. The second kappa shape index (κ2) is 8.02. The summed E-state index contributed by atoms with van der Waals surface area (Å²) >= 11 is 1.62. The Labute approximate surface area is 144 Å². The molecule has 19 heavy (non-hydrogen) atoms. The predicted octanol–water partition coefficient (Wildman–Crippen LogP) is 3.49. The minimum atomic E-state index is -0.138. The number of aliphatic hydroxyl groups is 1. The maximum absolute atomic E-state index is 11.2. The Balaban J connectivity index is 0.00000180. The van der Waals surface area contributed by atoms with Gasteiger partial charge in [-0.25, -0.2) is 0 Å². The molecule has 1 aliphatic rings. The summed E-state index contributed by atoms with van der Waals surface area (Å²) in [4.78, 5) is 13.4. The molecule has 1 radical (unpaired) electrons. The molecular formula is C15H21O2SY-. The van der Waals surface area contributed by atoms with Crippen LogP contribution in [0.15, 0.2) is 12.1 Å². The third-order valence-electron chi connectivity index (χ3n) is 3.93. The molecule has 0 saturated heterocycles. The maximum Gasteiger partial charge on any atom is 0.169 e. The Hall–Kier alpha value is 0.434. The van der Waals surface area contributed by atoms with E-state index >= 15 is 0 Å². The smallest absolute Gasteiger partial charge is 0.169 e. The number of ketones is 1. The molecule has 1 heterocycles. The van der Waals surface area contributed by atoms with E-state index in [4.69, 9.17) is 0 Å². The van der Waals surface area contributed by atoms with Crippen molar-refractivity contribution in [1.82, 2.24) is 0 Å². The maximum atomic E-state index is 11.2. The SMILES string of the molecule is CC(=O)c1ccc(CCCC2[CH-]CC(O)C2C)s1.[Y]. The van der Waals surface area contributed by atoms with E-state index in [1.807, 2.05) is 6.07 Å². The molecule has 1 saturated carbocycles. The van der Waals surface area contributed by atoms with Crippen molar-refractivity contribution in [3.8, 4) is 0 Å². The number of aliphatic hydroxyl groups excluding tert-OH is 1. The van der Waals surface area contributed by atoms with Gasteiger partial charge in [0, 0.05) is 43.7 Å². The molecule has 0 bridgehead atoms. The molecule has 103 valence electrons. The van der Waals surface area contributed by atoms with Gasteiger partial charge in [0.15, 0.2) is 5.78 Å². The van der Waals surface area contributed by atoms with Crippen LogP contribution in [0.5, 0.6) is 0 Å². The minimum absolute atomic E-state index is 0. The van der Waals surface area contributed by atoms with E-state index < -0.39 is 0 Å². The van der Waals surface area contributed by atoms with Gasteiger partial charge in [-0.05, 0) is 31.4 Å².